The third-order valence-electron chi connectivity index (χ3n) is 6.48. The molecule has 12 heteroatoms. The van der Waals surface area contributed by atoms with E-state index in [1.54, 1.807) is 72.8 Å². The molecule has 0 radical (unpaired) electrons. The molecule has 5 rings (SSSR count). The summed E-state index contributed by atoms with van der Waals surface area (Å²) >= 11 is 0. The summed E-state index contributed by atoms with van der Waals surface area (Å²) in [6.07, 6.45) is -6.97. The zero-order valence-corrected chi connectivity index (χ0v) is 23.3. The predicted molar refractivity (Wildman–Crippen MR) is 144 cm³/mol. The van der Waals surface area contributed by atoms with Gasteiger partial charge in [-0.2, -0.15) is 16.8 Å². The van der Waals surface area contributed by atoms with Gasteiger partial charge in [-0.05, 0) is 11.1 Å². The Bertz CT molecular complexity index is 1450. The minimum Gasteiger partial charge on any atom is -0.353 e. The number of hydrogen-bond donors (Lipinski definition) is 0. The molecule has 2 aliphatic rings. The van der Waals surface area contributed by atoms with Crippen LogP contribution in [0.1, 0.15) is 23.0 Å². The average molecular weight is 591 g/mol. The van der Waals surface area contributed by atoms with Crippen LogP contribution >= 0.6 is 0 Å². The highest BCUT2D eigenvalue weighted by Gasteiger charge is 2.54. The van der Waals surface area contributed by atoms with Crippen LogP contribution in [0.15, 0.2) is 91.0 Å². The molecule has 2 fully saturated rings. The summed E-state index contributed by atoms with van der Waals surface area (Å²) in [5.74, 6) is -0.892. The van der Waals surface area contributed by atoms with Crippen molar-refractivity contribution >= 4 is 20.2 Å². The van der Waals surface area contributed by atoms with Gasteiger partial charge in [0.05, 0.1) is 6.61 Å². The minimum atomic E-state index is -4.25. The van der Waals surface area contributed by atoms with Gasteiger partial charge in [-0.25, -0.2) is 0 Å². The summed E-state index contributed by atoms with van der Waals surface area (Å²) in [7, 11) is -7.20. The molecule has 40 heavy (non-hydrogen) atoms. The monoisotopic (exact) mass is 590 g/mol. The molecule has 214 valence electrons. The zero-order valence-electron chi connectivity index (χ0n) is 21.6. The molecule has 3 aromatic carbocycles. The molecule has 0 aromatic heterocycles. The number of fused-ring (bicyclic) bond motifs is 1. The van der Waals surface area contributed by atoms with Crippen molar-refractivity contribution in [1.82, 2.24) is 0 Å². The van der Waals surface area contributed by atoms with Crippen LogP contribution in [-0.2, 0) is 59.1 Å². The highest BCUT2D eigenvalue weighted by molar-refractivity contribution is 7.86. The van der Waals surface area contributed by atoms with Crippen molar-refractivity contribution in [3.63, 3.8) is 0 Å². The minimum absolute atomic E-state index is 0.0200. The van der Waals surface area contributed by atoms with Gasteiger partial charge in [-0.15, -0.1) is 0 Å². The van der Waals surface area contributed by atoms with Gasteiger partial charge in [0.15, 0.2) is 18.7 Å². The Morgan fingerprint density at radius 2 is 1.20 bits per heavy atom. The van der Waals surface area contributed by atoms with Crippen molar-refractivity contribution in [2.45, 2.75) is 48.5 Å². The average Bonchev–Trinajstić information content (AvgIpc) is 2.94. The SMILES string of the molecule is CO[C@H]1O[C@@H]2CO[C@@H](c3ccccc3)O[C@H]2[C@H](OS(=O)(=O)Cc2ccccc2)[C@H]1OS(=O)(=O)Cc1ccccc1. The first-order valence-corrected chi connectivity index (χ1v) is 15.8. The molecule has 0 amide bonds. The van der Waals surface area contributed by atoms with Crippen molar-refractivity contribution < 1.29 is 44.1 Å². The first-order valence-electron chi connectivity index (χ1n) is 12.6. The molecule has 0 spiro atoms. The van der Waals surface area contributed by atoms with E-state index in [1.165, 1.54) is 7.11 Å². The highest BCUT2D eigenvalue weighted by Crippen LogP contribution is 2.38. The number of hydrogen-bond acceptors (Lipinski definition) is 10. The predicted octanol–water partition coefficient (Wildman–Crippen LogP) is 3.30. The van der Waals surface area contributed by atoms with Gasteiger partial charge < -0.3 is 18.9 Å². The fraction of sp³-hybridized carbons (Fsp3) is 0.357. The Hall–Kier alpha value is -2.68. The third-order valence-corrected chi connectivity index (χ3v) is 8.88. The molecule has 10 nitrogen and oxygen atoms in total. The number of methoxy groups -OCH3 is 1. The standard InChI is InChI=1S/C28H30O10S2/c1-33-28-26(38-40(31,32)19-21-13-7-3-8-14-21)25(37-39(29,30)18-20-11-5-2-6-12-20)24-23(35-28)17-34-27(36-24)22-15-9-4-10-16-22/h2-16,23-28H,17-19H2,1H3/t23-,24-,25+,26-,27-,28+/m1/s1. The Balaban J connectivity index is 1.46. The van der Waals surface area contributed by atoms with E-state index in [1.807, 2.05) is 18.2 Å². The van der Waals surface area contributed by atoms with E-state index in [4.69, 9.17) is 27.3 Å². The maximum atomic E-state index is 13.3. The van der Waals surface area contributed by atoms with Crippen LogP contribution in [-0.4, -0.2) is 61.3 Å². The van der Waals surface area contributed by atoms with Crippen LogP contribution in [0.25, 0.3) is 0 Å². The molecule has 0 saturated carbocycles. The van der Waals surface area contributed by atoms with Gasteiger partial charge >= 0.3 is 0 Å². The molecule has 0 unspecified atom stereocenters. The van der Waals surface area contributed by atoms with Gasteiger partial charge in [0.25, 0.3) is 20.2 Å². The number of ether oxygens (including phenoxy) is 4. The summed E-state index contributed by atoms with van der Waals surface area (Å²) in [4.78, 5) is 0. The molecule has 6 atom stereocenters. The van der Waals surface area contributed by atoms with Gasteiger partial charge in [0.2, 0.25) is 0 Å². The lowest BCUT2D eigenvalue weighted by atomic mass is 9.98. The van der Waals surface area contributed by atoms with Crippen LogP contribution in [0, 0.1) is 0 Å². The van der Waals surface area contributed by atoms with E-state index in [0.717, 1.165) is 0 Å². The van der Waals surface area contributed by atoms with Gasteiger partial charge in [0.1, 0.15) is 29.8 Å². The van der Waals surface area contributed by atoms with Gasteiger partial charge in [-0.3, -0.25) is 8.37 Å². The van der Waals surface area contributed by atoms with E-state index in [9.17, 15) is 16.8 Å². The molecule has 2 aliphatic heterocycles. The van der Waals surface area contributed by atoms with Crippen LogP contribution in [0.2, 0.25) is 0 Å². The Morgan fingerprint density at radius 3 is 1.73 bits per heavy atom. The quantitative estimate of drug-likeness (QED) is 0.325. The molecular formula is C28H30O10S2. The summed E-state index contributed by atoms with van der Waals surface area (Å²) in [5.41, 5.74) is 1.68. The van der Waals surface area contributed by atoms with E-state index in [-0.39, 0.29) is 6.61 Å². The Kier molecular flexibility index (Phi) is 8.98. The van der Waals surface area contributed by atoms with Gasteiger partial charge in [0, 0.05) is 12.7 Å². The van der Waals surface area contributed by atoms with Crippen LogP contribution in [0.4, 0.5) is 0 Å². The van der Waals surface area contributed by atoms with Crippen molar-refractivity contribution in [2.75, 3.05) is 13.7 Å². The van der Waals surface area contributed by atoms with E-state index in [0.29, 0.717) is 16.7 Å². The topological polar surface area (TPSA) is 124 Å². The van der Waals surface area contributed by atoms with Crippen LogP contribution < -0.4 is 0 Å². The van der Waals surface area contributed by atoms with Crippen LogP contribution in [0.3, 0.4) is 0 Å². The highest BCUT2D eigenvalue weighted by atomic mass is 32.2. The first-order chi connectivity index (χ1) is 19.2. The summed E-state index contributed by atoms with van der Waals surface area (Å²) in [6, 6.07) is 26.0. The van der Waals surface area contributed by atoms with Crippen molar-refractivity contribution in [1.29, 1.82) is 0 Å². The second kappa shape index (κ2) is 12.5. The maximum Gasteiger partial charge on any atom is 0.272 e. The lowest BCUT2D eigenvalue weighted by Crippen LogP contribution is -2.64. The summed E-state index contributed by atoms with van der Waals surface area (Å²) in [5, 5.41) is 0. The molecule has 0 bridgehead atoms. The fourth-order valence-corrected chi connectivity index (χ4v) is 7.13. The second-order valence-electron chi connectivity index (χ2n) is 9.45. The number of benzene rings is 3. The molecule has 3 aromatic rings. The molecule has 2 heterocycles. The van der Waals surface area contributed by atoms with Crippen molar-refractivity contribution in [2.24, 2.45) is 0 Å². The van der Waals surface area contributed by atoms with Crippen LogP contribution in [0.5, 0.6) is 0 Å². The molecule has 0 aliphatic carbocycles. The summed E-state index contributed by atoms with van der Waals surface area (Å²) in [6.45, 7) is 0.0200. The maximum absolute atomic E-state index is 13.3. The smallest absolute Gasteiger partial charge is 0.272 e. The van der Waals surface area contributed by atoms with E-state index < -0.39 is 68.7 Å². The molecule has 0 N–H and O–H groups in total. The number of rotatable bonds is 10. The fourth-order valence-electron chi connectivity index (χ4n) is 4.69. The largest absolute Gasteiger partial charge is 0.353 e. The molecular weight excluding hydrogens is 560 g/mol. The molecule has 2 saturated heterocycles. The van der Waals surface area contributed by atoms with Gasteiger partial charge in [-0.1, -0.05) is 91.0 Å². The summed E-state index contributed by atoms with van der Waals surface area (Å²) < 4.78 is 87.7. The van der Waals surface area contributed by atoms with Crippen molar-refractivity contribution in [3.8, 4) is 0 Å². The van der Waals surface area contributed by atoms with E-state index >= 15 is 0 Å². The third kappa shape index (κ3) is 7.14. The Labute approximate surface area is 234 Å². The lowest BCUT2D eigenvalue weighted by Gasteiger charge is -2.47. The first kappa shape index (κ1) is 28.8. The zero-order chi connectivity index (χ0) is 28.2. The second-order valence-corrected chi connectivity index (χ2v) is 12.6. The van der Waals surface area contributed by atoms with Crippen molar-refractivity contribution in [3.05, 3.63) is 108 Å². The van der Waals surface area contributed by atoms with E-state index in [2.05, 4.69) is 0 Å². The Morgan fingerprint density at radius 1 is 0.700 bits per heavy atom. The normalized spacial score (nSPS) is 27.1. The lowest BCUT2D eigenvalue weighted by molar-refractivity contribution is -0.351.